The van der Waals surface area contributed by atoms with Gasteiger partial charge < -0.3 is 15.0 Å². The quantitative estimate of drug-likeness (QED) is 0.427. The third kappa shape index (κ3) is 3.93. The third-order valence-corrected chi connectivity index (χ3v) is 3.75. The van der Waals surface area contributed by atoms with Crippen LogP contribution in [0.4, 0.5) is 0 Å². The highest BCUT2D eigenvalue weighted by atomic mass is 16.6. The van der Waals surface area contributed by atoms with Gasteiger partial charge in [-0.3, -0.25) is 14.4 Å². The van der Waals surface area contributed by atoms with Crippen molar-refractivity contribution in [1.82, 2.24) is 10.2 Å². The fraction of sp³-hybridized carbons (Fsp3) is 0.600. The molecule has 0 aromatic rings. The van der Waals surface area contributed by atoms with Crippen LogP contribution in [-0.2, 0) is 23.9 Å². The van der Waals surface area contributed by atoms with Crippen LogP contribution in [0, 0.1) is 0 Å². The van der Waals surface area contributed by atoms with Gasteiger partial charge >= 0.3 is 11.9 Å². The van der Waals surface area contributed by atoms with E-state index >= 15 is 0 Å². The number of amides is 2. The number of rotatable bonds is 1. The Morgan fingerprint density at radius 2 is 2.09 bits per heavy atom. The minimum Gasteiger partial charge on any atom is -0.392 e. The standard InChI is InChI=1S/C15H20N2O5/c1-10(18)16-11-6-3-2-4-8-13(19)22-15(21)12-7-5-9-17(12)14(11)20/h2-3,11-12H,4-9H2,1H3,(H,16,18)/b3-2-/t11-,12+/m1/s1. The predicted octanol–water partition coefficient (Wildman–Crippen LogP) is 0.292. The second-order valence-electron chi connectivity index (χ2n) is 5.48. The van der Waals surface area contributed by atoms with Gasteiger partial charge in [0.1, 0.15) is 12.1 Å². The first-order chi connectivity index (χ1) is 10.5. The summed E-state index contributed by atoms with van der Waals surface area (Å²) in [6.45, 7) is 1.77. The first-order valence-electron chi connectivity index (χ1n) is 7.46. The summed E-state index contributed by atoms with van der Waals surface area (Å²) in [7, 11) is 0. The van der Waals surface area contributed by atoms with Crippen LogP contribution in [0.25, 0.3) is 0 Å². The van der Waals surface area contributed by atoms with Crippen LogP contribution in [0.2, 0.25) is 0 Å². The number of hydrogen-bond donors (Lipinski definition) is 1. The zero-order chi connectivity index (χ0) is 16.1. The molecule has 1 fully saturated rings. The van der Waals surface area contributed by atoms with E-state index in [-0.39, 0.29) is 18.2 Å². The van der Waals surface area contributed by atoms with Crippen molar-refractivity contribution in [3.05, 3.63) is 12.2 Å². The van der Waals surface area contributed by atoms with E-state index in [0.717, 1.165) is 0 Å². The topological polar surface area (TPSA) is 92.8 Å². The molecular formula is C15H20N2O5. The van der Waals surface area contributed by atoms with E-state index in [0.29, 0.717) is 32.2 Å². The minimum atomic E-state index is -0.740. The lowest BCUT2D eigenvalue weighted by Crippen LogP contribution is -2.51. The number of nitrogens with one attached hydrogen (secondary N) is 1. The van der Waals surface area contributed by atoms with Crippen LogP contribution < -0.4 is 5.32 Å². The Hall–Kier alpha value is -2.18. The van der Waals surface area contributed by atoms with Gasteiger partial charge in [0.05, 0.1) is 0 Å². The molecule has 22 heavy (non-hydrogen) atoms. The highest BCUT2D eigenvalue weighted by Gasteiger charge is 2.38. The SMILES string of the molecule is CC(=O)N[C@@H]1C/C=C\CCC(=O)OC(=O)[C@@H]2CCCN2C1=O. The number of hydrogen-bond acceptors (Lipinski definition) is 5. The zero-order valence-corrected chi connectivity index (χ0v) is 12.5. The molecule has 0 aromatic heterocycles. The fourth-order valence-electron chi connectivity index (χ4n) is 2.73. The van der Waals surface area contributed by atoms with Crippen LogP contribution >= 0.6 is 0 Å². The van der Waals surface area contributed by atoms with E-state index in [1.807, 2.05) is 0 Å². The first kappa shape index (κ1) is 16.2. The number of carbonyl (C=O) groups excluding carboxylic acids is 4. The highest BCUT2D eigenvalue weighted by Crippen LogP contribution is 2.21. The largest absolute Gasteiger partial charge is 0.392 e. The molecule has 2 aliphatic rings. The van der Waals surface area contributed by atoms with Crippen LogP contribution in [0.3, 0.4) is 0 Å². The molecule has 0 spiro atoms. The summed E-state index contributed by atoms with van der Waals surface area (Å²) in [5, 5.41) is 2.62. The average molecular weight is 308 g/mol. The Morgan fingerprint density at radius 1 is 1.32 bits per heavy atom. The van der Waals surface area contributed by atoms with Gasteiger partial charge in [-0.25, -0.2) is 4.79 Å². The molecule has 0 radical (unpaired) electrons. The van der Waals surface area contributed by atoms with Gasteiger partial charge in [-0.2, -0.15) is 0 Å². The molecule has 1 saturated heterocycles. The van der Waals surface area contributed by atoms with Crippen LogP contribution in [0.1, 0.15) is 39.0 Å². The highest BCUT2D eigenvalue weighted by molar-refractivity contribution is 5.94. The predicted molar refractivity (Wildman–Crippen MR) is 76.4 cm³/mol. The minimum absolute atomic E-state index is 0.119. The summed E-state index contributed by atoms with van der Waals surface area (Å²) < 4.78 is 4.81. The molecule has 2 heterocycles. The Bertz CT molecular complexity index is 514. The second kappa shape index (κ2) is 7.20. The summed E-state index contributed by atoms with van der Waals surface area (Å²) in [4.78, 5) is 48.9. The zero-order valence-electron chi connectivity index (χ0n) is 12.5. The molecule has 0 aromatic carbocycles. The maximum Gasteiger partial charge on any atom is 0.336 e. The van der Waals surface area contributed by atoms with Gasteiger partial charge in [0.15, 0.2) is 0 Å². The van der Waals surface area contributed by atoms with Crippen molar-refractivity contribution in [2.75, 3.05) is 6.54 Å². The summed E-state index contributed by atoms with van der Waals surface area (Å²) in [5.41, 5.74) is 0. The van der Waals surface area contributed by atoms with Crippen molar-refractivity contribution < 1.29 is 23.9 Å². The van der Waals surface area contributed by atoms with Crippen molar-refractivity contribution >= 4 is 23.8 Å². The van der Waals surface area contributed by atoms with Crippen molar-refractivity contribution in [2.24, 2.45) is 0 Å². The van der Waals surface area contributed by atoms with Crippen molar-refractivity contribution in [3.63, 3.8) is 0 Å². The average Bonchev–Trinajstić information content (AvgIpc) is 2.92. The Morgan fingerprint density at radius 3 is 2.82 bits per heavy atom. The summed E-state index contributed by atoms with van der Waals surface area (Å²) in [6, 6.07) is -1.44. The van der Waals surface area contributed by atoms with E-state index in [2.05, 4.69) is 5.32 Å². The summed E-state index contributed by atoms with van der Waals surface area (Å²) in [5.74, 6) is -1.87. The molecule has 0 saturated carbocycles. The van der Waals surface area contributed by atoms with Gasteiger partial charge in [0, 0.05) is 19.9 Å². The van der Waals surface area contributed by atoms with E-state index in [1.165, 1.54) is 11.8 Å². The fourth-order valence-corrected chi connectivity index (χ4v) is 2.73. The van der Waals surface area contributed by atoms with Crippen molar-refractivity contribution in [2.45, 2.75) is 51.1 Å². The van der Waals surface area contributed by atoms with Crippen LogP contribution in [0.15, 0.2) is 12.2 Å². The van der Waals surface area contributed by atoms with Gasteiger partial charge in [-0.15, -0.1) is 0 Å². The Labute approximate surface area is 128 Å². The molecule has 0 unspecified atom stereocenters. The number of cyclic esters (lactones) is 2. The van der Waals surface area contributed by atoms with Crippen molar-refractivity contribution in [1.29, 1.82) is 0 Å². The van der Waals surface area contributed by atoms with Gasteiger partial charge in [-0.05, 0) is 25.7 Å². The lowest BCUT2D eigenvalue weighted by molar-refractivity contribution is -0.165. The lowest BCUT2D eigenvalue weighted by Gasteiger charge is -2.27. The molecule has 120 valence electrons. The number of carbonyl (C=O) groups is 4. The van der Waals surface area contributed by atoms with E-state index < -0.39 is 24.0 Å². The molecule has 2 atom stereocenters. The monoisotopic (exact) mass is 308 g/mol. The van der Waals surface area contributed by atoms with Crippen LogP contribution in [0.5, 0.6) is 0 Å². The number of allylic oxidation sites excluding steroid dienone is 1. The lowest BCUT2D eigenvalue weighted by atomic mass is 10.1. The van der Waals surface area contributed by atoms with Crippen LogP contribution in [-0.4, -0.2) is 47.3 Å². The van der Waals surface area contributed by atoms with E-state index in [4.69, 9.17) is 4.74 Å². The molecule has 7 nitrogen and oxygen atoms in total. The maximum atomic E-state index is 12.6. The molecule has 0 bridgehead atoms. The van der Waals surface area contributed by atoms with Crippen molar-refractivity contribution in [3.8, 4) is 0 Å². The molecule has 2 rings (SSSR count). The van der Waals surface area contributed by atoms with Gasteiger partial charge in [0.25, 0.3) is 0 Å². The summed E-state index contributed by atoms with van der Waals surface area (Å²) in [6.07, 6.45) is 5.54. The number of nitrogens with zero attached hydrogens (tertiary/aromatic N) is 1. The molecule has 0 aliphatic carbocycles. The number of ether oxygens (including phenoxy) is 1. The maximum absolute atomic E-state index is 12.6. The molecule has 7 heteroatoms. The van der Waals surface area contributed by atoms with E-state index in [1.54, 1.807) is 12.2 Å². The normalized spacial score (nSPS) is 28.2. The summed E-state index contributed by atoms with van der Waals surface area (Å²) >= 11 is 0. The second-order valence-corrected chi connectivity index (χ2v) is 5.48. The molecular weight excluding hydrogens is 288 g/mol. The Kier molecular flexibility index (Phi) is 5.30. The molecule has 2 amide bonds. The Balaban J connectivity index is 2.23. The third-order valence-electron chi connectivity index (χ3n) is 3.75. The number of esters is 2. The smallest absolute Gasteiger partial charge is 0.336 e. The van der Waals surface area contributed by atoms with Gasteiger partial charge in [-0.1, -0.05) is 12.2 Å². The number of fused-ring (bicyclic) bond motifs is 1. The van der Waals surface area contributed by atoms with E-state index in [9.17, 15) is 19.2 Å². The first-order valence-corrected chi connectivity index (χ1v) is 7.46. The molecule has 2 aliphatic heterocycles. The van der Waals surface area contributed by atoms with Gasteiger partial charge in [0.2, 0.25) is 11.8 Å². The molecule has 1 N–H and O–H groups in total.